The topological polar surface area (TPSA) is 26.3 Å². The van der Waals surface area contributed by atoms with Gasteiger partial charge in [0.05, 0.1) is 0 Å². The van der Waals surface area contributed by atoms with Crippen molar-refractivity contribution in [2.24, 2.45) is 52.3 Å². The Morgan fingerprint density at radius 1 is 1.03 bits per heavy atom. The van der Waals surface area contributed by atoms with Crippen LogP contribution in [0.15, 0.2) is 23.8 Å². The highest BCUT2D eigenvalue weighted by atomic mass is 16.5. The number of esters is 1. The molecule has 32 heavy (non-hydrogen) atoms. The summed E-state index contributed by atoms with van der Waals surface area (Å²) in [7, 11) is 0. The molecule has 2 heteroatoms. The van der Waals surface area contributed by atoms with Crippen LogP contribution < -0.4 is 0 Å². The van der Waals surface area contributed by atoms with E-state index < -0.39 is 0 Å². The molecule has 0 saturated heterocycles. The lowest BCUT2D eigenvalue weighted by Gasteiger charge is -2.58. The molecular formula is C30H48O2. The summed E-state index contributed by atoms with van der Waals surface area (Å²) < 4.78 is 5.62. The van der Waals surface area contributed by atoms with Crippen LogP contribution in [0.2, 0.25) is 0 Å². The molecule has 4 aliphatic rings. The monoisotopic (exact) mass is 440 g/mol. The Balaban J connectivity index is 1.50. The van der Waals surface area contributed by atoms with E-state index in [9.17, 15) is 4.79 Å². The van der Waals surface area contributed by atoms with Crippen molar-refractivity contribution in [3.8, 4) is 0 Å². The van der Waals surface area contributed by atoms with E-state index in [1.807, 2.05) is 0 Å². The fourth-order valence-electron chi connectivity index (χ4n) is 8.57. The van der Waals surface area contributed by atoms with Crippen LogP contribution in [-0.4, -0.2) is 12.1 Å². The number of hydrogen-bond acceptors (Lipinski definition) is 2. The van der Waals surface area contributed by atoms with Crippen molar-refractivity contribution in [2.75, 3.05) is 0 Å². The fourth-order valence-corrected chi connectivity index (χ4v) is 8.57. The van der Waals surface area contributed by atoms with Gasteiger partial charge in [0.15, 0.2) is 0 Å². The first-order valence-electron chi connectivity index (χ1n) is 13.6. The van der Waals surface area contributed by atoms with Crippen LogP contribution in [0.4, 0.5) is 0 Å². The highest BCUT2D eigenvalue weighted by molar-refractivity contribution is 5.66. The van der Waals surface area contributed by atoms with E-state index in [1.54, 1.807) is 12.5 Å². The lowest BCUT2D eigenvalue weighted by atomic mass is 9.47. The number of ether oxygens (including phenoxy) is 1. The second-order valence-corrected chi connectivity index (χ2v) is 12.8. The molecule has 0 N–H and O–H groups in total. The van der Waals surface area contributed by atoms with E-state index in [0.717, 1.165) is 42.4 Å². The van der Waals surface area contributed by atoms with Crippen molar-refractivity contribution in [3.05, 3.63) is 23.8 Å². The number of allylic oxidation sites excluding steroid dienone is 3. The van der Waals surface area contributed by atoms with E-state index >= 15 is 0 Å². The molecule has 3 saturated carbocycles. The van der Waals surface area contributed by atoms with Gasteiger partial charge in [-0.15, -0.1) is 0 Å². The second-order valence-electron chi connectivity index (χ2n) is 12.8. The van der Waals surface area contributed by atoms with Gasteiger partial charge in [-0.05, 0) is 97.2 Å². The number of carbonyl (C=O) groups is 1. The summed E-state index contributed by atoms with van der Waals surface area (Å²) >= 11 is 0. The third kappa shape index (κ3) is 4.14. The lowest BCUT2D eigenvalue weighted by molar-refractivity contribution is -0.148. The molecule has 0 aliphatic heterocycles. The summed E-state index contributed by atoms with van der Waals surface area (Å²) in [5, 5.41) is 0. The van der Waals surface area contributed by atoms with Gasteiger partial charge in [-0.25, -0.2) is 0 Å². The second kappa shape index (κ2) is 8.95. The quantitative estimate of drug-likeness (QED) is 0.320. The van der Waals surface area contributed by atoms with E-state index in [4.69, 9.17) is 4.74 Å². The normalized spacial score (nSPS) is 43.2. The molecule has 0 amide bonds. The zero-order valence-corrected chi connectivity index (χ0v) is 21.8. The first kappa shape index (κ1) is 24.1. The van der Waals surface area contributed by atoms with E-state index in [0.29, 0.717) is 22.7 Å². The molecule has 0 aromatic carbocycles. The summed E-state index contributed by atoms with van der Waals surface area (Å²) in [6.07, 6.45) is 17.8. The van der Waals surface area contributed by atoms with Gasteiger partial charge >= 0.3 is 5.97 Å². The predicted molar refractivity (Wildman–Crippen MR) is 133 cm³/mol. The van der Waals surface area contributed by atoms with Crippen molar-refractivity contribution in [2.45, 2.75) is 106 Å². The Bertz CT molecular complexity index is 763. The summed E-state index contributed by atoms with van der Waals surface area (Å²) in [6, 6.07) is 0. The van der Waals surface area contributed by atoms with Gasteiger partial charge < -0.3 is 4.74 Å². The molecule has 7 unspecified atom stereocenters. The fraction of sp³-hybridized carbons (Fsp3) is 0.833. The SMILES string of the molecule is CC(=O)OC1CCC2(C)C(=CCC3C2CCC2(C)C3CCC2[C@H](C)/C=C/[C@H](C)C(C)C)C1. The minimum atomic E-state index is -0.121. The largest absolute Gasteiger partial charge is 0.462 e. The van der Waals surface area contributed by atoms with Crippen LogP contribution in [0.1, 0.15) is 99.8 Å². The minimum absolute atomic E-state index is 0.106. The zero-order chi connectivity index (χ0) is 23.3. The molecule has 0 aromatic heterocycles. The minimum Gasteiger partial charge on any atom is -0.462 e. The van der Waals surface area contributed by atoms with Crippen molar-refractivity contribution >= 4 is 5.97 Å². The molecule has 3 fully saturated rings. The summed E-state index contributed by atoms with van der Waals surface area (Å²) in [5.41, 5.74) is 2.44. The lowest BCUT2D eigenvalue weighted by Crippen LogP contribution is -2.51. The maximum atomic E-state index is 11.5. The van der Waals surface area contributed by atoms with Crippen molar-refractivity contribution in [1.29, 1.82) is 0 Å². The van der Waals surface area contributed by atoms with Gasteiger partial charge in [0.2, 0.25) is 0 Å². The number of carbonyl (C=O) groups excluding carboxylic acids is 1. The Hall–Kier alpha value is -1.05. The molecule has 4 rings (SSSR count). The average molecular weight is 441 g/mol. The molecule has 4 aliphatic carbocycles. The summed E-state index contributed by atoms with van der Waals surface area (Å²) in [4.78, 5) is 11.5. The van der Waals surface area contributed by atoms with Gasteiger partial charge in [-0.1, -0.05) is 65.3 Å². The number of rotatable bonds is 5. The molecule has 9 atom stereocenters. The van der Waals surface area contributed by atoms with E-state index in [-0.39, 0.29) is 12.1 Å². The van der Waals surface area contributed by atoms with Gasteiger partial charge in [-0.2, -0.15) is 0 Å². The Kier molecular flexibility index (Phi) is 6.74. The Morgan fingerprint density at radius 2 is 1.78 bits per heavy atom. The third-order valence-corrected chi connectivity index (χ3v) is 10.9. The third-order valence-electron chi connectivity index (χ3n) is 10.9. The summed E-state index contributed by atoms with van der Waals surface area (Å²) in [5.74, 6) is 5.35. The number of fused-ring (bicyclic) bond motifs is 5. The molecule has 0 bridgehead atoms. The molecule has 2 nitrogen and oxygen atoms in total. The van der Waals surface area contributed by atoms with Crippen LogP contribution in [0.3, 0.4) is 0 Å². The standard InChI is InChI=1S/C30H48O2/c1-19(2)20(3)8-9-21(4)26-12-13-27-25-11-10-23-18-24(32-22(5)31)14-16-29(23,6)28(25)15-17-30(26,27)7/h8-10,19-21,24-28H,11-18H2,1-7H3/b9-8+/t20-,21+,24?,25?,26?,27?,28?,29?,30?/m0/s1. The maximum absolute atomic E-state index is 11.5. The molecule has 0 radical (unpaired) electrons. The van der Waals surface area contributed by atoms with Gasteiger partial charge in [0.25, 0.3) is 0 Å². The Labute approximate surface area is 197 Å². The van der Waals surface area contributed by atoms with Gasteiger partial charge in [-0.3, -0.25) is 4.79 Å². The first-order valence-corrected chi connectivity index (χ1v) is 13.6. The smallest absolute Gasteiger partial charge is 0.302 e. The van der Waals surface area contributed by atoms with Crippen molar-refractivity contribution in [1.82, 2.24) is 0 Å². The molecule has 0 spiro atoms. The van der Waals surface area contributed by atoms with Crippen LogP contribution in [0.5, 0.6) is 0 Å². The van der Waals surface area contributed by atoms with E-state index in [2.05, 4.69) is 59.8 Å². The first-order chi connectivity index (χ1) is 15.1. The van der Waals surface area contributed by atoms with E-state index in [1.165, 1.54) is 38.5 Å². The van der Waals surface area contributed by atoms with Crippen LogP contribution in [0.25, 0.3) is 0 Å². The highest BCUT2D eigenvalue weighted by Gasteiger charge is 2.59. The molecule has 0 aromatic rings. The van der Waals surface area contributed by atoms with Gasteiger partial charge in [0, 0.05) is 13.3 Å². The van der Waals surface area contributed by atoms with Gasteiger partial charge in [0.1, 0.15) is 6.10 Å². The zero-order valence-electron chi connectivity index (χ0n) is 21.8. The van der Waals surface area contributed by atoms with Crippen LogP contribution >= 0.6 is 0 Å². The molecule has 180 valence electrons. The van der Waals surface area contributed by atoms with Crippen molar-refractivity contribution in [3.63, 3.8) is 0 Å². The van der Waals surface area contributed by atoms with Crippen LogP contribution in [0, 0.1) is 52.3 Å². The van der Waals surface area contributed by atoms with Crippen molar-refractivity contribution < 1.29 is 9.53 Å². The highest BCUT2D eigenvalue weighted by Crippen LogP contribution is 2.67. The maximum Gasteiger partial charge on any atom is 0.302 e. The molecule has 0 heterocycles. The predicted octanol–water partition coefficient (Wildman–Crippen LogP) is 7.98. The number of hydrogen-bond donors (Lipinski definition) is 0. The average Bonchev–Trinajstić information content (AvgIpc) is 3.08. The molecular weight excluding hydrogens is 392 g/mol. The Morgan fingerprint density at radius 3 is 2.47 bits per heavy atom. The van der Waals surface area contributed by atoms with Crippen LogP contribution in [-0.2, 0) is 9.53 Å². The summed E-state index contributed by atoms with van der Waals surface area (Å²) in [6.45, 7) is 16.3.